The van der Waals surface area contributed by atoms with E-state index < -0.39 is 23.7 Å². The van der Waals surface area contributed by atoms with Gasteiger partial charge in [0.15, 0.2) is 6.04 Å². The van der Waals surface area contributed by atoms with Gasteiger partial charge in [-0.1, -0.05) is 31.0 Å². The number of carboxylic acids is 1. The van der Waals surface area contributed by atoms with Gasteiger partial charge in [0.1, 0.15) is 5.82 Å². The number of hydrogen-bond donors (Lipinski definition) is 2. The number of carbonyl (C=O) groups is 3. The average Bonchev–Trinajstić information content (AvgIpc) is 2.53. The molecule has 7 heteroatoms. The molecule has 130 valence electrons. The van der Waals surface area contributed by atoms with Crippen LogP contribution in [0.4, 0.5) is 4.39 Å². The third-order valence-electron chi connectivity index (χ3n) is 4.02. The SMILES string of the molecule is O=C(CN1CCCCCCC1=O)NC(C(=O)O)c1ccccc1F. The second-order valence-electron chi connectivity index (χ2n) is 5.84. The molecule has 1 saturated heterocycles. The van der Waals surface area contributed by atoms with Crippen molar-refractivity contribution >= 4 is 17.8 Å². The number of likely N-dealkylation sites (tertiary alicyclic amines) is 1. The Kier molecular flexibility index (Phi) is 6.28. The van der Waals surface area contributed by atoms with E-state index >= 15 is 0 Å². The average molecular weight is 336 g/mol. The minimum absolute atomic E-state index is 0.109. The van der Waals surface area contributed by atoms with Crippen LogP contribution in [0.5, 0.6) is 0 Å². The van der Waals surface area contributed by atoms with E-state index in [1.807, 2.05) is 0 Å². The van der Waals surface area contributed by atoms with Crippen molar-refractivity contribution in [2.75, 3.05) is 13.1 Å². The van der Waals surface area contributed by atoms with Gasteiger partial charge in [0.25, 0.3) is 0 Å². The molecule has 1 aromatic carbocycles. The van der Waals surface area contributed by atoms with Crippen LogP contribution in [0.15, 0.2) is 24.3 Å². The van der Waals surface area contributed by atoms with Crippen LogP contribution in [0.25, 0.3) is 0 Å². The van der Waals surface area contributed by atoms with Crippen LogP contribution in [-0.4, -0.2) is 40.9 Å². The van der Waals surface area contributed by atoms with Crippen LogP contribution >= 0.6 is 0 Å². The van der Waals surface area contributed by atoms with Gasteiger partial charge in [0.2, 0.25) is 11.8 Å². The number of rotatable bonds is 5. The first-order chi connectivity index (χ1) is 11.5. The summed E-state index contributed by atoms with van der Waals surface area (Å²) in [5.74, 6) is -2.78. The number of nitrogens with one attached hydrogen (secondary N) is 1. The highest BCUT2D eigenvalue weighted by Gasteiger charge is 2.26. The molecule has 0 radical (unpaired) electrons. The van der Waals surface area contributed by atoms with E-state index in [-0.39, 0.29) is 18.0 Å². The van der Waals surface area contributed by atoms with E-state index in [1.165, 1.54) is 23.1 Å². The minimum atomic E-state index is -1.48. The number of carboxylic acid groups (broad SMARTS) is 1. The van der Waals surface area contributed by atoms with Crippen molar-refractivity contribution in [1.82, 2.24) is 10.2 Å². The summed E-state index contributed by atoms with van der Waals surface area (Å²) in [6.07, 6.45) is 4.00. The molecule has 1 aromatic rings. The quantitative estimate of drug-likeness (QED) is 0.859. The Labute approximate surface area is 139 Å². The van der Waals surface area contributed by atoms with Gasteiger partial charge in [-0.3, -0.25) is 9.59 Å². The van der Waals surface area contributed by atoms with E-state index in [9.17, 15) is 23.9 Å². The maximum atomic E-state index is 13.8. The minimum Gasteiger partial charge on any atom is -0.479 e. The second-order valence-corrected chi connectivity index (χ2v) is 5.84. The zero-order valence-electron chi connectivity index (χ0n) is 13.3. The molecule has 24 heavy (non-hydrogen) atoms. The van der Waals surface area contributed by atoms with Crippen LogP contribution in [-0.2, 0) is 14.4 Å². The standard InChI is InChI=1S/C17H21FN2O4/c18-13-8-5-4-7-12(13)16(17(23)24)19-14(21)11-20-10-6-2-1-3-9-15(20)22/h4-5,7-8,16H,1-3,6,9-11H2,(H,19,21)(H,23,24). The first kappa shape index (κ1) is 17.9. The fourth-order valence-electron chi connectivity index (χ4n) is 2.74. The smallest absolute Gasteiger partial charge is 0.331 e. The maximum absolute atomic E-state index is 13.8. The monoisotopic (exact) mass is 336 g/mol. The van der Waals surface area contributed by atoms with Crippen molar-refractivity contribution in [2.45, 2.75) is 38.1 Å². The van der Waals surface area contributed by atoms with E-state index in [0.29, 0.717) is 13.0 Å². The molecule has 1 aliphatic rings. The summed E-state index contributed by atoms with van der Waals surface area (Å²) in [7, 11) is 0. The van der Waals surface area contributed by atoms with Gasteiger partial charge in [0, 0.05) is 18.5 Å². The molecule has 0 bridgehead atoms. The molecule has 0 saturated carbocycles. The topological polar surface area (TPSA) is 86.7 Å². The van der Waals surface area contributed by atoms with Crippen LogP contribution in [0, 0.1) is 5.82 Å². The molecule has 0 aliphatic carbocycles. The number of carbonyl (C=O) groups excluding carboxylic acids is 2. The van der Waals surface area contributed by atoms with Crippen molar-refractivity contribution in [2.24, 2.45) is 0 Å². The lowest BCUT2D eigenvalue weighted by Crippen LogP contribution is -2.44. The molecule has 0 aromatic heterocycles. The Hall–Kier alpha value is -2.44. The van der Waals surface area contributed by atoms with Gasteiger partial charge >= 0.3 is 5.97 Å². The molecule has 1 heterocycles. The van der Waals surface area contributed by atoms with E-state index in [2.05, 4.69) is 5.32 Å². The molecular weight excluding hydrogens is 315 g/mol. The van der Waals surface area contributed by atoms with Crippen LogP contribution in [0.2, 0.25) is 0 Å². The summed E-state index contributed by atoms with van der Waals surface area (Å²) in [6, 6.07) is 3.92. The lowest BCUT2D eigenvalue weighted by Gasteiger charge is -2.25. The normalized spacial score (nSPS) is 16.9. The molecule has 1 atom stereocenters. The van der Waals surface area contributed by atoms with Crippen molar-refractivity contribution < 1.29 is 23.9 Å². The molecular formula is C17H21FN2O4. The lowest BCUT2D eigenvalue weighted by atomic mass is 10.1. The molecule has 2 amide bonds. The largest absolute Gasteiger partial charge is 0.479 e. The first-order valence-corrected chi connectivity index (χ1v) is 8.03. The third kappa shape index (κ3) is 4.78. The molecule has 2 N–H and O–H groups in total. The number of nitrogens with zero attached hydrogens (tertiary/aromatic N) is 1. The summed E-state index contributed by atoms with van der Waals surface area (Å²) in [6.45, 7) is 0.265. The first-order valence-electron chi connectivity index (χ1n) is 8.03. The van der Waals surface area contributed by atoms with Crippen molar-refractivity contribution in [1.29, 1.82) is 0 Å². The summed E-state index contributed by atoms with van der Waals surface area (Å²) >= 11 is 0. The van der Waals surface area contributed by atoms with Crippen molar-refractivity contribution in [3.05, 3.63) is 35.6 Å². The predicted octanol–water partition coefficient (Wildman–Crippen LogP) is 1.86. The molecule has 6 nitrogen and oxygen atoms in total. The van der Waals surface area contributed by atoms with Gasteiger partial charge in [-0.15, -0.1) is 0 Å². The highest BCUT2D eigenvalue weighted by molar-refractivity contribution is 5.88. The Morgan fingerprint density at radius 1 is 1.21 bits per heavy atom. The van der Waals surface area contributed by atoms with Gasteiger partial charge in [0.05, 0.1) is 6.54 Å². The van der Waals surface area contributed by atoms with Crippen LogP contribution in [0.3, 0.4) is 0 Å². The molecule has 1 aliphatic heterocycles. The van der Waals surface area contributed by atoms with Gasteiger partial charge in [-0.2, -0.15) is 0 Å². The van der Waals surface area contributed by atoms with Gasteiger partial charge in [-0.05, 0) is 18.9 Å². The fraction of sp³-hybridized carbons (Fsp3) is 0.471. The molecule has 2 rings (SSSR count). The number of aliphatic carboxylic acids is 1. The fourth-order valence-corrected chi connectivity index (χ4v) is 2.74. The van der Waals surface area contributed by atoms with Crippen molar-refractivity contribution in [3.8, 4) is 0 Å². The van der Waals surface area contributed by atoms with Crippen molar-refractivity contribution in [3.63, 3.8) is 0 Å². The summed E-state index contributed by atoms with van der Waals surface area (Å²) < 4.78 is 13.8. The number of benzene rings is 1. The summed E-state index contributed by atoms with van der Waals surface area (Å²) in [5.41, 5.74) is -0.114. The predicted molar refractivity (Wildman–Crippen MR) is 84.6 cm³/mol. The Morgan fingerprint density at radius 3 is 2.62 bits per heavy atom. The highest BCUT2D eigenvalue weighted by atomic mass is 19.1. The Balaban J connectivity index is 2.04. The summed E-state index contributed by atoms with van der Waals surface area (Å²) in [4.78, 5) is 37.0. The van der Waals surface area contributed by atoms with E-state index in [0.717, 1.165) is 31.7 Å². The molecule has 1 unspecified atom stereocenters. The van der Waals surface area contributed by atoms with Crippen LogP contribution < -0.4 is 5.32 Å². The zero-order chi connectivity index (χ0) is 17.5. The summed E-state index contributed by atoms with van der Waals surface area (Å²) in [5, 5.41) is 11.6. The van der Waals surface area contributed by atoms with Gasteiger partial charge in [-0.25, -0.2) is 9.18 Å². The van der Waals surface area contributed by atoms with Gasteiger partial charge < -0.3 is 15.3 Å². The maximum Gasteiger partial charge on any atom is 0.331 e. The van der Waals surface area contributed by atoms with E-state index in [1.54, 1.807) is 0 Å². The molecule has 0 spiro atoms. The number of amides is 2. The lowest BCUT2D eigenvalue weighted by molar-refractivity contribution is -0.143. The Bertz CT molecular complexity index is 620. The number of hydrogen-bond acceptors (Lipinski definition) is 3. The second kappa shape index (κ2) is 8.42. The highest BCUT2D eigenvalue weighted by Crippen LogP contribution is 2.17. The molecule has 1 fully saturated rings. The van der Waals surface area contributed by atoms with Crippen LogP contribution in [0.1, 0.15) is 43.7 Å². The zero-order valence-corrected chi connectivity index (χ0v) is 13.3. The number of halogens is 1. The third-order valence-corrected chi connectivity index (χ3v) is 4.02. The Morgan fingerprint density at radius 2 is 1.92 bits per heavy atom. The van der Waals surface area contributed by atoms with E-state index in [4.69, 9.17) is 0 Å².